The summed E-state index contributed by atoms with van der Waals surface area (Å²) in [6.07, 6.45) is 1.45. The average Bonchev–Trinajstić information content (AvgIpc) is 3.01. The molecule has 1 saturated heterocycles. The van der Waals surface area contributed by atoms with Crippen molar-refractivity contribution in [3.05, 3.63) is 36.1 Å². The number of likely N-dealkylation sites (tertiary alicyclic amines) is 1. The number of amides is 1. The van der Waals surface area contributed by atoms with Crippen molar-refractivity contribution in [2.45, 2.75) is 6.92 Å². The Morgan fingerprint density at radius 1 is 1.30 bits per heavy atom. The smallest absolute Gasteiger partial charge is 0.308 e. The number of carbonyl (C=O) groups is 2. The lowest BCUT2D eigenvalue weighted by molar-refractivity contribution is -0.142. The molecule has 3 rings (SSSR count). The van der Waals surface area contributed by atoms with Gasteiger partial charge in [-0.2, -0.15) is 0 Å². The van der Waals surface area contributed by atoms with Crippen molar-refractivity contribution in [1.82, 2.24) is 4.90 Å². The van der Waals surface area contributed by atoms with E-state index in [2.05, 4.69) is 0 Å². The van der Waals surface area contributed by atoms with Crippen LogP contribution in [0.1, 0.15) is 17.3 Å². The Morgan fingerprint density at radius 3 is 2.75 bits per heavy atom. The molecular formula is C15H15NO4. The number of fused-ring (bicyclic) bond motifs is 1. The van der Waals surface area contributed by atoms with Crippen LogP contribution < -0.4 is 0 Å². The molecule has 2 unspecified atom stereocenters. The van der Waals surface area contributed by atoms with E-state index in [1.807, 2.05) is 25.1 Å². The molecular weight excluding hydrogens is 258 g/mol. The second-order valence-electron chi connectivity index (χ2n) is 5.28. The number of hydrogen-bond acceptors (Lipinski definition) is 3. The minimum atomic E-state index is -0.843. The molecule has 1 N–H and O–H groups in total. The maximum absolute atomic E-state index is 12.5. The van der Waals surface area contributed by atoms with Gasteiger partial charge in [0.05, 0.1) is 11.5 Å². The number of benzene rings is 1. The SMILES string of the molecule is CC1CN(C(=O)c2coc3ccccc23)CC1C(=O)O. The van der Waals surface area contributed by atoms with Gasteiger partial charge in [-0.05, 0) is 12.0 Å². The largest absolute Gasteiger partial charge is 0.481 e. The molecule has 1 aromatic heterocycles. The Hall–Kier alpha value is -2.30. The fourth-order valence-corrected chi connectivity index (χ4v) is 2.77. The molecule has 0 spiro atoms. The van der Waals surface area contributed by atoms with Crippen LogP contribution in [0.3, 0.4) is 0 Å². The van der Waals surface area contributed by atoms with Crippen LogP contribution in [0.15, 0.2) is 34.9 Å². The van der Waals surface area contributed by atoms with Crippen LogP contribution in [0, 0.1) is 11.8 Å². The molecule has 20 heavy (non-hydrogen) atoms. The first kappa shape index (κ1) is 12.7. The van der Waals surface area contributed by atoms with E-state index >= 15 is 0 Å². The van der Waals surface area contributed by atoms with E-state index in [0.29, 0.717) is 17.7 Å². The summed E-state index contributed by atoms with van der Waals surface area (Å²) in [6.45, 7) is 2.59. The maximum atomic E-state index is 12.5. The molecule has 104 valence electrons. The quantitative estimate of drug-likeness (QED) is 0.910. The molecule has 2 aromatic rings. The van der Waals surface area contributed by atoms with Gasteiger partial charge in [0, 0.05) is 18.5 Å². The van der Waals surface area contributed by atoms with Gasteiger partial charge in [-0.15, -0.1) is 0 Å². The van der Waals surface area contributed by atoms with Crippen LogP contribution in [0.25, 0.3) is 11.0 Å². The topological polar surface area (TPSA) is 70.8 Å². The number of furan rings is 1. The van der Waals surface area contributed by atoms with E-state index in [0.717, 1.165) is 5.39 Å². The zero-order valence-electron chi connectivity index (χ0n) is 11.1. The third-order valence-electron chi connectivity index (χ3n) is 3.93. The molecule has 1 aliphatic rings. The zero-order valence-corrected chi connectivity index (χ0v) is 11.1. The van der Waals surface area contributed by atoms with Crippen LogP contribution in [0.5, 0.6) is 0 Å². The van der Waals surface area contributed by atoms with Crippen molar-refractivity contribution in [3.8, 4) is 0 Å². The summed E-state index contributed by atoms with van der Waals surface area (Å²) in [7, 11) is 0. The van der Waals surface area contributed by atoms with E-state index in [1.54, 1.807) is 11.0 Å². The summed E-state index contributed by atoms with van der Waals surface area (Å²) in [5.74, 6) is -1.53. The van der Waals surface area contributed by atoms with Gasteiger partial charge in [-0.3, -0.25) is 9.59 Å². The molecule has 5 nitrogen and oxygen atoms in total. The first-order valence-electron chi connectivity index (χ1n) is 6.56. The highest BCUT2D eigenvalue weighted by Gasteiger charge is 2.37. The second kappa shape index (κ2) is 4.67. The van der Waals surface area contributed by atoms with E-state index in [1.165, 1.54) is 6.26 Å². The lowest BCUT2D eigenvalue weighted by Crippen LogP contribution is -2.29. The highest BCUT2D eigenvalue weighted by molar-refractivity contribution is 6.06. The number of rotatable bonds is 2. The van der Waals surface area contributed by atoms with Gasteiger partial charge in [0.25, 0.3) is 5.91 Å². The first-order valence-corrected chi connectivity index (χ1v) is 6.56. The zero-order chi connectivity index (χ0) is 14.3. The van der Waals surface area contributed by atoms with Crippen LogP contribution in [0.4, 0.5) is 0 Å². The normalized spacial score (nSPS) is 22.4. The third kappa shape index (κ3) is 1.95. The molecule has 2 atom stereocenters. The minimum Gasteiger partial charge on any atom is -0.481 e. The summed E-state index contributed by atoms with van der Waals surface area (Å²) in [6, 6.07) is 7.33. The van der Waals surface area contributed by atoms with Gasteiger partial charge in [0.1, 0.15) is 11.8 Å². The van der Waals surface area contributed by atoms with Crippen LogP contribution in [-0.4, -0.2) is 35.0 Å². The molecule has 2 heterocycles. The Balaban J connectivity index is 1.89. The monoisotopic (exact) mass is 273 g/mol. The summed E-state index contributed by atoms with van der Waals surface area (Å²) in [4.78, 5) is 25.2. The van der Waals surface area contributed by atoms with Gasteiger partial charge >= 0.3 is 5.97 Å². The van der Waals surface area contributed by atoms with Gasteiger partial charge < -0.3 is 14.4 Å². The summed E-state index contributed by atoms with van der Waals surface area (Å²) >= 11 is 0. The molecule has 1 aromatic carbocycles. The van der Waals surface area contributed by atoms with E-state index in [9.17, 15) is 9.59 Å². The lowest BCUT2D eigenvalue weighted by Gasteiger charge is -2.14. The van der Waals surface area contributed by atoms with Crippen molar-refractivity contribution >= 4 is 22.8 Å². The van der Waals surface area contributed by atoms with Crippen LogP contribution in [-0.2, 0) is 4.79 Å². The minimum absolute atomic E-state index is 0.0328. The second-order valence-corrected chi connectivity index (χ2v) is 5.28. The molecule has 0 aliphatic carbocycles. The highest BCUT2D eigenvalue weighted by Crippen LogP contribution is 2.27. The number of carbonyl (C=O) groups excluding carboxylic acids is 1. The molecule has 0 saturated carbocycles. The van der Waals surface area contributed by atoms with E-state index < -0.39 is 11.9 Å². The number of aliphatic carboxylic acids is 1. The lowest BCUT2D eigenvalue weighted by atomic mass is 9.99. The predicted octanol–water partition coefficient (Wildman–Crippen LogP) is 2.23. The van der Waals surface area contributed by atoms with Crippen molar-refractivity contribution in [2.24, 2.45) is 11.8 Å². The standard InChI is InChI=1S/C15H15NO4/c1-9-6-16(7-11(9)15(18)19)14(17)12-8-20-13-5-3-2-4-10(12)13/h2-5,8-9,11H,6-7H2,1H3,(H,18,19). The molecule has 0 radical (unpaired) electrons. The van der Waals surface area contributed by atoms with Crippen LogP contribution >= 0.6 is 0 Å². The number of nitrogens with zero attached hydrogens (tertiary/aromatic N) is 1. The fraction of sp³-hybridized carbons (Fsp3) is 0.333. The van der Waals surface area contributed by atoms with Crippen LogP contribution in [0.2, 0.25) is 0 Å². The Bertz CT molecular complexity index is 675. The first-order chi connectivity index (χ1) is 9.58. The van der Waals surface area contributed by atoms with E-state index in [-0.39, 0.29) is 18.4 Å². The molecule has 1 amide bonds. The summed E-state index contributed by atoms with van der Waals surface area (Å²) in [5, 5.41) is 9.90. The van der Waals surface area contributed by atoms with E-state index in [4.69, 9.17) is 9.52 Å². The summed E-state index contributed by atoms with van der Waals surface area (Å²) < 4.78 is 5.37. The van der Waals surface area contributed by atoms with Gasteiger partial charge in [-0.25, -0.2) is 0 Å². The number of carboxylic acids is 1. The maximum Gasteiger partial charge on any atom is 0.308 e. The molecule has 0 bridgehead atoms. The summed E-state index contributed by atoms with van der Waals surface area (Å²) in [5.41, 5.74) is 1.16. The van der Waals surface area contributed by atoms with Gasteiger partial charge in [0.15, 0.2) is 0 Å². The van der Waals surface area contributed by atoms with Gasteiger partial charge in [-0.1, -0.05) is 25.1 Å². The Labute approximate surface area is 115 Å². The Kier molecular flexibility index (Phi) is 2.97. The third-order valence-corrected chi connectivity index (χ3v) is 3.93. The molecule has 5 heteroatoms. The predicted molar refractivity (Wildman–Crippen MR) is 72.4 cm³/mol. The molecule has 1 fully saturated rings. The van der Waals surface area contributed by atoms with Crippen molar-refractivity contribution in [3.63, 3.8) is 0 Å². The van der Waals surface area contributed by atoms with Crippen molar-refractivity contribution in [1.29, 1.82) is 0 Å². The number of para-hydroxylation sites is 1. The number of carboxylic acid groups (broad SMARTS) is 1. The van der Waals surface area contributed by atoms with Gasteiger partial charge in [0.2, 0.25) is 0 Å². The van der Waals surface area contributed by atoms with Crippen molar-refractivity contribution in [2.75, 3.05) is 13.1 Å². The highest BCUT2D eigenvalue weighted by atomic mass is 16.4. The Morgan fingerprint density at radius 2 is 2.05 bits per heavy atom. The number of hydrogen-bond donors (Lipinski definition) is 1. The molecule has 1 aliphatic heterocycles. The average molecular weight is 273 g/mol. The fourth-order valence-electron chi connectivity index (χ4n) is 2.77. The van der Waals surface area contributed by atoms with Crippen molar-refractivity contribution < 1.29 is 19.1 Å².